The highest BCUT2D eigenvalue weighted by Gasteiger charge is 2.25. The van der Waals surface area contributed by atoms with E-state index in [0.29, 0.717) is 43.7 Å². The van der Waals surface area contributed by atoms with Gasteiger partial charge >= 0.3 is 5.97 Å². The number of nitrogens with zero attached hydrogens (tertiary/aromatic N) is 5. The van der Waals surface area contributed by atoms with E-state index in [4.69, 9.17) is 16.3 Å². The van der Waals surface area contributed by atoms with Gasteiger partial charge in [0.2, 0.25) is 11.9 Å². The molecule has 172 valence electrons. The molecule has 1 aliphatic rings. The quantitative estimate of drug-likeness (QED) is 0.417. The minimum Gasteiger partial charge on any atom is -0.466 e. The summed E-state index contributed by atoms with van der Waals surface area (Å²) >= 11 is 6.22. The minimum absolute atomic E-state index is 0.212. The van der Waals surface area contributed by atoms with Gasteiger partial charge in [-0.1, -0.05) is 29.8 Å². The molecule has 4 rings (SSSR count). The van der Waals surface area contributed by atoms with E-state index in [0.717, 1.165) is 22.3 Å². The predicted molar refractivity (Wildman–Crippen MR) is 126 cm³/mol. The monoisotopic (exact) mass is 468 g/mol. The number of aromatic nitrogens is 3. The molecule has 0 aliphatic carbocycles. The normalized spacial score (nSPS) is 13.8. The van der Waals surface area contributed by atoms with Crippen molar-refractivity contribution in [1.82, 2.24) is 19.9 Å². The van der Waals surface area contributed by atoms with Gasteiger partial charge < -0.3 is 19.9 Å². The van der Waals surface area contributed by atoms with Crippen LogP contribution in [0.2, 0.25) is 5.02 Å². The summed E-state index contributed by atoms with van der Waals surface area (Å²) < 4.78 is 4.87. The standard InChI is InChI=1S/C23H25ClN6O3/c1-2-33-21(32)13-20(31)29-9-11-30(12-10-29)22-17-15-27-23(28-19(17)7-8-25-22)26-14-16-5-3-4-6-18(16)24/h3-8,15H,2,9-14H2,1H3,(H,26,27,28). The number of carbonyl (C=O) groups excluding carboxylic acids is 2. The van der Waals surface area contributed by atoms with Gasteiger partial charge in [-0.25, -0.2) is 15.0 Å². The maximum Gasteiger partial charge on any atom is 0.315 e. The van der Waals surface area contributed by atoms with Crippen LogP contribution in [0.15, 0.2) is 42.7 Å². The number of benzene rings is 1. The van der Waals surface area contributed by atoms with Gasteiger partial charge in [-0.2, -0.15) is 0 Å². The van der Waals surface area contributed by atoms with Crippen LogP contribution in [0.25, 0.3) is 10.9 Å². The number of hydrogen-bond acceptors (Lipinski definition) is 8. The van der Waals surface area contributed by atoms with Crippen molar-refractivity contribution in [3.63, 3.8) is 0 Å². The van der Waals surface area contributed by atoms with Crippen LogP contribution in [0.5, 0.6) is 0 Å². The molecule has 0 atom stereocenters. The third-order valence-electron chi connectivity index (χ3n) is 5.42. The lowest BCUT2D eigenvalue weighted by Crippen LogP contribution is -2.49. The number of hydrogen-bond donors (Lipinski definition) is 1. The van der Waals surface area contributed by atoms with E-state index in [-0.39, 0.29) is 18.9 Å². The average molecular weight is 469 g/mol. The first-order valence-electron chi connectivity index (χ1n) is 10.8. The van der Waals surface area contributed by atoms with Crippen molar-refractivity contribution in [3.05, 3.63) is 53.3 Å². The van der Waals surface area contributed by atoms with E-state index in [2.05, 4.69) is 25.2 Å². The molecule has 0 radical (unpaired) electrons. The molecule has 1 amide bonds. The largest absolute Gasteiger partial charge is 0.466 e. The summed E-state index contributed by atoms with van der Waals surface area (Å²) in [6.45, 7) is 4.74. The molecule has 9 nitrogen and oxygen atoms in total. The summed E-state index contributed by atoms with van der Waals surface area (Å²) in [5, 5.41) is 4.74. The van der Waals surface area contributed by atoms with Crippen LogP contribution >= 0.6 is 11.6 Å². The van der Waals surface area contributed by atoms with Crippen molar-refractivity contribution in [2.24, 2.45) is 0 Å². The molecule has 0 bridgehead atoms. The molecule has 0 saturated carbocycles. The fourth-order valence-corrected chi connectivity index (χ4v) is 3.91. The molecule has 1 aromatic carbocycles. The second-order valence-electron chi connectivity index (χ2n) is 7.56. The molecule has 10 heteroatoms. The lowest BCUT2D eigenvalue weighted by Gasteiger charge is -2.35. The number of ether oxygens (including phenoxy) is 1. The van der Waals surface area contributed by atoms with E-state index in [1.165, 1.54) is 0 Å². The van der Waals surface area contributed by atoms with E-state index in [9.17, 15) is 9.59 Å². The molecular formula is C23H25ClN6O3. The highest BCUT2D eigenvalue weighted by atomic mass is 35.5. The second kappa shape index (κ2) is 10.4. The highest BCUT2D eigenvalue weighted by molar-refractivity contribution is 6.31. The van der Waals surface area contributed by atoms with E-state index >= 15 is 0 Å². The highest BCUT2D eigenvalue weighted by Crippen LogP contribution is 2.25. The average Bonchev–Trinajstić information content (AvgIpc) is 2.83. The van der Waals surface area contributed by atoms with Gasteiger partial charge in [-0.15, -0.1) is 0 Å². The molecule has 3 aromatic rings. The summed E-state index contributed by atoms with van der Waals surface area (Å²) in [7, 11) is 0. The summed E-state index contributed by atoms with van der Waals surface area (Å²) in [6, 6.07) is 9.48. The molecule has 0 unspecified atom stereocenters. The van der Waals surface area contributed by atoms with E-state index in [1.807, 2.05) is 30.3 Å². The Labute approximate surface area is 196 Å². The van der Waals surface area contributed by atoms with Crippen molar-refractivity contribution < 1.29 is 14.3 Å². The Balaban J connectivity index is 1.41. The number of anilines is 2. The number of amides is 1. The lowest BCUT2D eigenvalue weighted by molar-refractivity contribution is -0.148. The second-order valence-corrected chi connectivity index (χ2v) is 7.96. The minimum atomic E-state index is -0.489. The van der Waals surface area contributed by atoms with Crippen LogP contribution in [0.3, 0.4) is 0 Å². The molecule has 0 spiro atoms. The van der Waals surface area contributed by atoms with Crippen molar-refractivity contribution in [1.29, 1.82) is 0 Å². The number of esters is 1. The van der Waals surface area contributed by atoms with Crippen LogP contribution < -0.4 is 10.2 Å². The lowest BCUT2D eigenvalue weighted by atomic mass is 10.2. The fraction of sp³-hybridized carbons (Fsp3) is 0.348. The van der Waals surface area contributed by atoms with Gasteiger partial charge in [0, 0.05) is 50.1 Å². The van der Waals surface area contributed by atoms with Gasteiger partial charge in [-0.05, 0) is 24.6 Å². The van der Waals surface area contributed by atoms with Crippen LogP contribution in [0.4, 0.5) is 11.8 Å². The zero-order valence-corrected chi connectivity index (χ0v) is 19.1. The Morgan fingerprint density at radius 3 is 2.67 bits per heavy atom. The first kappa shape index (κ1) is 22.7. The zero-order valence-electron chi connectivity index (χ0n) is 18.3. The van der Waals surface area contributed by atoms with Gasteiger partial charge in [-0.3, -0.25) is 9.59 Å². The van der Waals surface area contributed by atoms with Crippen LogP contribution in [-0.4, -0.2) is 64.5 Å². The summed E-state index contributed by atoms with van der Waals surface area (Å²) in [6.07, 6.45) is 3.26. The molecule has 1 saturated heterocycles. The number of pyridine rings is 1. The van der Waals surface area contributed by atoms with Crippen LogP contribution in [0, 0.1) is 0 Å². The number of fused-ring (bicyclic) bond motifs is 1. The number of nitrogens with one attached hydrogen (secondary N) is 1. The molecule has 33 heavy (non-hydrogen) atoms. The van der Waals surface area contributed by atoms with Gasteiger partial charge in [0.25, 0.3) is 0 Å². The Morgan fingerprint density at radius 2 is 1.91 bits per heavy atom. The fourth-order valence-electron chi connectivity index (χ4n) is 3.71. The van der Waals surface area contributed by atoms with Gasteiger partial charge in [0.15, 0.2) is 0 Å². The molecule has 2 aromatic heterocycles. The predicted octanol–water partition coefficient (Wildman–Crippen LogP) is 2.89. The van der Waals surface area contributed by atoms with Crippen molar-refractivity contribution >= 4 is 46.1 Å². The van der Waals surface area contributed by atoms with Crippen LogP contribution in [0.1, 0.15) is 18.9 Å². The summed E-state index contributed by atoms with van der Waals surface area (Å²) in [5.41, 5.74) is 1.74. The van der Waals surface area contributed by atoms with Gasteiger partial charge in [0.1, 0.15) is 12.2 Å². The maximum absolute atomic E-state index is 12.3. The number of piperazine rings is 1. The van der Waals surface area contributed by atoms with Crippen molar-refractivity contribution in [3.8, 4) is 0 Å². The van der Waals surface area contributed by atoms with Crippen molar-refractivity contribution in [2.45, 2.75) is 19.9 Å². The number of carbonyl (C=O) groups is 2. The maximum atomic E-state index is 12.3. The van der Waals surface area contributed by atoms with E-state index < -0.39 is 5.97 Å². The first-order chi connectivity index (χ1) is 16.0. The molecule has 1 aliphatic heterocycles. The summed E-state index contributed by atoms with van der Waals surface area (Å²) in [4.78, 5) is 41.3. The third kappa shape index (κ3) is 5.48. The topological polar surface area (TPSA) is 101 Å². The third-order valence-corrected chi connectivity index (χ3v) is 5.78. The number of halogens is 1. The molecule has 1 fully saturated rings. The first-order valence-corrected chi connectivity index (χ1v) is 11.2. The Bertz CT molecular complexity index is 1150. The Hall–Kier alpha value is -3.46. The number of rotatable bonds is 7. The van der Waals surface area contributed by atoms with Crippen LogP contribution in [-0.2, 0) is 20.9 Å². The smallest absolute Gasteiger partial charge is 0.315 e. The zero-order chi connectivity index (χ0) is 23.2. The Morgan fingerprint density at radius 1 is 1.12 bits per heavy atom. The van der Waals surface area contributed by atoms with Crippen molar-refractivity contribution in [2.75, 3.05) is 43.0 Å². The van der Waals surface area contributed by atoms with Gasteiger partial charge in [0.05, 0.1) is 17.5 Å². The SMILES string of the molecule is CCOC(=O)CC(=O)N1CCN(c2nccc3nc(NCc4ccccc4Cl)ncc23)CC1. The molecule has 1 N–H and O–H groups in total. The Kier molecular flexibility index (Phi) is 7.19. The van der Waals surface area contributed by atoms with E-state index in [1.54, 1.807) is 24.2 Å². The summed E-state index contributed by atoms with van der Waals surface area (Å²) in [5.74, 6) is 0.588. The molecular weight excluding hydrogens is 444 g/mol. The molecule has 3 heterocycles.